The summed E-state index contributed by atoms with van der Waals surface area (Å²) in [6, 6.07) is 10.2. The van der Waals surface area contributed by atoms with E-state index in [-0.39, 0.29) is 12.5 Å². The first-order valence-electron chi connectivity index (χ1n) is 8.59. The van der Waals surface area contributed by atoms with E-state index >= 15 is 0 Å². The number of ether oxygens (including phenoxy) is 1. The lowest BCUT2D eigenvalue weighted by atomic mass is 10.3. The molecule has 0 radical (unpaired) electrons. The first kappa shape index (κ1) is 20.8. The van der Waals surface area contributed by atoms with Crippen LogP contribution in [0.2, 0.25) is 0 Å². The molecule has 1 unspecified atom stereocenters. The number of sulfonamides is 1. The van der Waals surface area contributed by atoms with E-state index in [9.17, 15) is 13.2 Å². The van der Waals surface area contributed by atoms with Crippen LogP contribution in [-0.4, -0.2) is 43.9 Å². The molecule has 0 aliphatic carbocycles. The lowest BCUT2D eigenvalue weighted by Gasteiger charge is -2.18. The van der Waals surface area contributed by atoms with E-state index in [1.54, 1.807) is 31.2 Å². The number of hydrogen-bond acceptors (Lipinski definition) is 8. The first-order valence-corrected chi connectivity index (χ1v) is 11.3. The Morgan fingerprint density at radius 1 is 1.31 bits per heavy atom. The molecular weight excluding hydrogens is 416 g/mol. The molecule has 1 N–H and O–H groups in total. The Hall–Kier alpha value is -2.92. The largest absolute Gasteiger partial charge is 0.481 e. The zero-order chi connectivity index (χ0) is 21.0. The Morgan fingerprint density at radius 2 is 2.03 bits per heavy atom. The number of carbonyl (C=O) groups is 1. The number of amides is 1. The number of hydrogen-bond donors (Lipinski definition) is 1. The first-order chi connectivity index (χ1) is 13.7. The standard InChI is InChI=1S/C18H20N4O5S2/c1-12(26-14-8-6-13(7-9-14)22(2)29(3,24)25)18(23)19-11-16-20-17(21-27-16)15-5-4-10-28-15/h4-10,12H,11H2,1-3H3,(H,19,23). The van der Waals surface area contributed by atoms with Crippen LogP contribution in [-0.2, 0) is 21.4 Å². The van der Waals surface area contributed by atoms with Gasteiger partial charge in [0.1, 0.15) is 5.75 Å². The van der Waals surface area contributed by atoms with Crippen LogP contribution in [0.5, 0.6) is 5.75 Å². The Kier molecular flexibility index (Phi) is 6.18. The molecule has 1 aromatic carbocycles. The third-order valence-electron chi connectivity index (χ3n) is 4.00. The van der Waals surface area contributed by atoms with E-state index < -0.39 is 16.1 Å². The van der Waals surface area contributed by atoms with Crippen molar-refractivity contribution in [2.45, 2.75) is 19.6 Å². The van der Waals surface area contributed by atoms with Gasteiger partial charge in [-0.2, -0.15) is 4.98 Å². The maximum absolute atomic E-state index is 12.3. The van der Waals surface area contributed by atoms with Crippen LogP contribution in [0.25, 0.3) is 10.7 Å². The molecule has 0 fully saturated rings. The summed E-state index contributed by atoms with van der Waals surface area (Å²) >= 11 is 1.50. The highest BCUT2D eigenvalue weighted by Crippen LogP contribution is 2.22. The molecule has 0 aliphatic rings. The fourth-order valence-corrected chi connectivity index (χ4v) is 3.48. The van der Waals surface area contributed by atoms with Crippen molar-refractivity contribution in [1.29, 1.82) is 0 Å². The van der Waals surface area contributed by atoms with Gasteiger partial charge >= 0.3 is 0 Å². The molecule has 0 saturated carbocycles. The number of aromatic nitrogens is 2. The van der Waals surface area contributed by atoms with Gasteiger partial charge in [0.05, 0.1) is 23.4 Å². The molecule has 3 aromatic rings. The second-order valence-electron chi connectivity index (χ2n) is 6.19. The summed E-state index contributed by atoms with van der Waals surface area (Å²) in [6.07, 6.45) is 0.351. The van der Waals surface area contributed by atoms with Crippen molar-refractivity contribution in [3.05, 3.63) is 47.7 Å². The smallest absolute Gasteiger partial charge is 0.261 e. The van der Waals surface area contributed by atoms with Crippen LogP contribution in [0.4, 0.5) is 5.69 Å². The number of benzene rings is 1. The van der Waals surface area contributed by atoms with Gasteiger partial charge in [-0.3, -0.25) is 9.10 Å². The van der Waals surface area contributed by atoms with Crippen molar-refractivity contribution in [1.82, 2.24) is 15.5 Å². The summed E-state index contributed by atoms with van der Waals surface area (Å²) < 4.78 is 35.0. The average Bonchev–Trinajstić information content (AvgIpc) is 3.37. The van der Waals surface area contributed by atoms with Gasteiger partial charge in [-0.1, -0.05) is 11.2 Å². The van der Waals surface area contributed by atoms with Gasteiger partial charge < -0.3 is 14.6 Å². The second-order valence-corrected chi connectivity index (χ2v) is 9.15. The van der Waals surface area contributed by atoms with Crippen molar-refractivity contribution in [3.8, 4) is 16.5 Å². The molecule has 2 heterocycles. The van der Waals surface area contributed by atoms with Crippen LogP contribution in [0, 0.1) is 0 Å². The number of nitrogens with one attached hydrogen (secondary N) is 1. The molecule has 2 aromatic heterocycles. The molecule has 3 rings (SSSR count). The zero-order valence-corrected chi connectivity index (χ0v) is 17.7. The lowest BCUT2D eigenvalue weighted by Crippen LogP contribution is -2.36. The van der Waals surface area contributed by atoms with Crippen LogP contribution in [0.3, 0.4) is 0 Å². The van der Waals surface area contributed by atoms with Crippen molar-refractivity contribution >= 4 is 33.0 Å². The number of anilines is 1. The molecular formula is C18H20N4O5S2. The van der Waals surface area contributed by atoms with Crippen LogP contribution in [0.1, 0.15) is 12.8 Å². The third-order valence-corrected chi connectivity index (χ3v) is 6.07. The molecule has 11 heteroatoms. The van der Waals surface area contributed by atoms with Crippen LogP contribution < -0.4 is 14.4 Å². The molecule has 154 valence electrons. The Bertz CT molecular complexity index is 1060. The normalized spacial score (nSPS) is 12.4. The summed E-state index contributed by atoms with van der Waals surface area (Å²) in [5.41, 5.74) is 0.495. The van der Waals surface area contributed by atoms with Crippen LogP contribution in [0.15, 0.2) is 46.3 Å². The minimum atomic E-state index is -3.34. The van der Waals surface area contributed by atoms with Crippen molar-refractivity contribution < 1.29 is 22.5 Å². The summed E-state index contributed by atoms with van der Waals surface area (Å²) in [5, 5.41) is 8.48. The van der Waals surface area contributed by atoms with Gasteiger partial charge in [0.15, 0.2) is 6.10 Å². The Balaban J connectivity index is 1.53. The molecule has 0 spiro atoms. The van der Waals surface area contributed by atoms with Gasteiger partial charge in [0.2, 0.25) is 21.7 Å². The molecule has 0 aliphatic heterocycles. The lowest BCUT2D eigenvalue weighted by molar-refractivity contribution is -0.127. The fourth-order valence-electron chi connectivity index (χ4n) is 2.32. The number of nitrogens with zero attached hydrogens (tertiary/aromatic N) is 3. The maximum atomic E-state index is 12.3. The minimum Gasteiger partial charge on any atom is -0.481 e. The van der Waals surface area contributed by atoms with Crippen molar-refractivity contribution in [2.24, 2.45) is 0 Å². The summed E-state index contributed by atoms with van der Waals surface area (Å²) in [7, 11) is -1.88. The van der Waals surface area contributed by atoms with Crippen molar-refractivity contribution in [3.63, 3.8) is 0 Å². The van der Waals surface area contributed by atoms with E-state index in [4.69, 9.17) is 9.26 Å². The summed E-state index contributed by atoms with van der Waals surface area (Å²) in [5.74, 6) is 0.865. The van der Waals surface area contributed by atoms with Gasteiger partial charge in [-0.05, 0) is 42.6 Å². The SMILES string of the molecule is CC(Oc1ccc(N(C)S(C)(=O)=O)cc1)C(=O)NCc1nc(-c2cccs2)no1. The highest BCUT2D eigenvalue weighted by atomic mass is 32.2. The molecule has 0 bridgehead atoms. The van der Waals surface area contributed by atoms with E-state index in [0.717, 1.165) is 15.4 Å². The molecule has 0 saturated heterocycles. The van der Waals surface area contributed by atoms with Gasteiger partial charge in [-0.25, -0.2) is 8.42 Å². The molecule has 1 atom stereocenters. The topological polar surface area (TPSA) is 115 Å². The number of thiophene rings is 1. The molecule has 29 heavy (non-hydrogen) atoms. The Labute approximate surface area is 172 Å². The molecule has 9 nitrogen and oxygen atoms in total. The predicted molar refractivity (Wildman–Crippen MR) is 109 cm³/mol. The quantitative estimate of drug-likeness (QED) is 0.576. The number of carbonyl (C=O) groups excluding carboxylic acids is 1. The van der Waals surface area contributed by atoms with E-state index in [0.29, 0.717) is 23.2 Å². The van der Waals surface area contributed by atoms with Crippen LogP contribution >= 0.6 is 11.3 Å². The zero-order valence-electron chi connectivity index (χ0n) is 16.0. The van der Waals surface area contributed by atoms with E-state index in [1.807, 2.05) is 17.5 Å². The highest BCUT2D eigenvalue weighted by Gasteiger charge is 2.17. The van der Waals surface area contributed by atoms with Crippen molar-refractivity contribution in [2.75, 3.05) is 17.6 Å². The van der Waals surface area contributed by atoms with E-state index in [1.165, 1.54) is 18.4 Å². The fraction of sp³-hybridized carbons (Fsp3) is 0.278. The van der Waals surface area contributed by atoms with Gasteiger partial charge in [0, 0.05) is 7.05 Å². The third kappa shape index (κ3) is 5.33. The Morgan fingerprint density at radius 3 is 2.66 bits per heavy atom. The average molecular weight is 437 g/mol. The maximum Gasteiger partial charge on any atom is 0.261 e. The predicted octanol–water partition coefficient (Wildman–Crippen LogP) is 2.28. The van der Waals surface area contributed by atoms with Gasteiger partial charge in [-0.15, -0.1) is 11.3 Å². The molecule has 1 amide bonds. The highest BCUT2D eigenvalue weighted by molar-refractivity contribution is 7.92. The van der Waals surface area contributed by atoms with E-state index in [2.05, 4.69) is 15.5 Å². The second kappa shape index (κ2) is 8.62. The number of rotatable bonds is 8. The summed E-state index contributed by atoms with van der Waals surface area (Å²) in [4.78, 5) is 17.4. The monoisotopic (exact) mass is 436 g/mol. The van der Waals surface area contributed by atoms with Gasteiger partial charge in [0.25, 0.3) is 5.91 Å². The minimum absolute atomic E-state index is 0.0863. The summed E-state index contributed by atoms with van der Waals surface area (Å²) in [6.45, 7) is 1.69.